The Morgan fingerprint density at radius 3 is 2.92 bits per heavy atom. The first-order valence-electron chi connectivity index (χ1n) is 8.46. The number of furan rings is 1. The van der Waals surface area contributed by atoms with Crippen LogP contribution in [0.5, 0.6) is 0 Å². The highest BCUT2D eigenvalue weighted by atomic mass is 16.3. The second-order valence-electron chi connectivity index (χ2n) is 6.45. The summed E-state index contributed by atoms with van der Waals surface area (Å²) in [4.78, 5) is 0. The highest BCUT2D eigenvalue weighted by Gasteiger charge is 2.23. The quantitative estimate of drug-likeness (QED) is 0.469. The molecule has 1 atom stereocenters. The normalized spacial score (nSPS) is 15.3. The first kappa shape index (κ1) is 16.0. The second-order valence-corrected chi connectivity index (χ2v) is 6.45. The maximum atomic E-state index is 9.05. The summed E-state index contributed by atoms with van der Waals surface area (Å²) in [5.74, 6) is 0. The predicted molar refractivity (Wildman–Crippen MR) is 106 cm³/mol. The van der Waals surface area contributed by atoms with Gasteiger partial charge in [0.15, 0.2) is 0 Å². The molecule has 4 N–H and O–H groups in total. The van der Waals surface area contributed by atoms with E-state index < -0.39 is 0 Å². The monoisotopic (exact) mass is 346 g/mol. The highest BCUT2D eigenvalue weighted by molar-refractivity contribution is 6.14. The molecule has 1 aromatic heterocycles. The van der Waals surface area contributed by atoms with Crippen LogP contribution < -0.4 is 11.1 Å². The van der Waals surface area contributed by atoms with Crippen LogP contribution in [-0.4, -0.2) is 5.71 Å². The molecule has 0 unspecified atom stereocenters. The van der Waals surface area contributed by atoms with Crippen LogP contribution in [0.25, 0.3) is 0 Å². The van der Waals surface area contributed by atoms with Crippen molar-refractivity contribution in [2.45, 2.75) is 18.9 Å². The van der Waals surface area contributed by atoms with Gasteiger partial charge in [-0.1, -0.05) is 6.07 Å². The Hall–Kier alpha value is -3.52. The summed E-state index contributed by atoms with van der Waals surface area (Å²) in [6.45, 7) is 0. The van der Waals surface area contributed by atoms with Crippen LogP contribution in [0.4, 0.5) is 11.4 Å². The molecule has 0 radical (unpaired) electrons. The van der Waals surface area contributed by atoms with Crippen LogP contribution in [0.3, 0.4) is 0 Å². The van der Waals surface area contributed by atoms with E-state index >= 15 is 0 Å². The van der Waals surface area contributed by atoms with Gasteiger partial charge in [-0.15, -0.1) is 0 Å². The van der Waals surface area contributed by atoms with Gasteiger partial charge in [-0.05, 0) is 60.4 Å². The van der Waals surface area contributed by atoms with Crippen molar-refractivity contribution < 1.29 is 7.27 Å². The van der Waals surface area contributed by atoms with Gasteiger partial charge in [0.1, 0.15) is 0 Å². The summed E-state index contributed by atoms with van der Waals surface area (Å²) in [6, 6.07) is 15.7. The molecule has 2 aromatic carbocycles. The summed E-state index contributed by atoms with van der Waals surface area (Å²) < 4.78 is 5.07. The van der Waals surface area contributed by atoms with Crippen LogP contribution in [-0.2, 0) is 6.42 Å². The van der Waals surface area contributed by atoms with Crippen LogP contribution in [0.2, 0.25) is 0 Å². The number of nitrogen functional groups attached to an aromatic ring is 1. The molecule has 132 valence electrons. The lowest BCUT2D eigenvalue weighted by Crippen LogP contribution is -2.10. The van der Waals surface area contributed by atoms with Gasteiger partial charge in [-0.25, -0.2) is 0 Å². The number of benzene rings is 2. The fourth-order valence-electron chi connectivity index (χ4n) is 3.46. The van der Waals surface area contributed by atoms with Gasteiger partial charge in [-0.3, -0.25) is 5.41 Å². The van der Waals surface area contributed by atoms with Crippen molar-refractivity contribution in [3.8, 4) is 6.07 Å². The molecule has 0 spiro atoms. The zero-order valence-corrected chi connectivity index (χ0v) is 14.1. The SMILES string of the molecule is N#Cc1ccc2c(c1)CC[C@H]2Nc1ccc(N)c(C(=N)c2ccoc2)c1.[HH].[HH]. The topological polar surface area (TPSA) is 98.8 Å². The Bertz CT molecular complexity index is 1030. The van der Waals surface area contributed by atoms with Crippen LogP contribution >= 0.6 is 0 Å². The van der Waals surface area contributed by atoms with Gasteiger partial charge in [0.05, 0.1) is 35.9 Å². The number of anilines is 2. The average molecular weight is 346 g/mol. The number of hydrogen-bond donors (Lipinski definition) is 3. The minimum atomic E-state index is 0. The Morgan fingerprint density at radius 1 is 1.27 bits per heavy atom. The van der Waals surface area contributed by atoms with Gasteiger partial charge in [0.25, 0.3) is 0 Å². The Morgan fingerprint density at radius 2 is 2.15 bits per heavy atom. The molecule has 26 heavy (non-hydrogen) atoms. The standard InChI is InChI=1S/C21H18N4O.2H2/c22-11-13-1-4-17-14(9-13)2-6-20(17)25-16-3-5-19(23)18(10-16)21(24)15-7-8-26-12-15;;/h1,3-5,7-10,12,20,24-25H,2,6,23H2;2*1H/t20-;;/m1../s1. The molecule has 3 aromatic rings. The van der Waals surface area contributed by atoms with Crippen LogP contribution in [0, 0.1) is 16.7 Å². The zero-order chi connectivity index (χ0) is 18.1. The molecule has 1 heterocycles. The summed E-state index contributed by atoms with van der Waals surface area (Å²) in [5.41, 5.74) is 12.4. The highest BCUT2D eigenvalue weighted by Crippen LogP contribution is 2.35. The van der Waals surface area contributed by atoms with Crippen molar-refractivity contribution in [2.75, 3.05) is 11.1 Å². The fourth-order valence-corrected chi connectivity index (χ4v) is 3.46. The molecular formula is C21H22N4O. The molecule has 0 fully saturated rings. The van der Waals surface area contributed by atoms with Crippen LogP contribution in [0.15, 0.2) is 59.4 Å². The Balaban J connectivity index is 0.00000140. The summed E-state index contributed by atoms with van der Waals surface area (Å²) in [7, 11) is 0. The molecule has 5 heteroatoms. The molecule has 1 aliphatic rings. The van der Waals surface area contributed by atoms with E-state index in [2.05, 4.69) is 11.4 Å². The fraction of sp³-hybridized carbons (Fsp3) is 0.143. The van der Waals surface area contributed by atoms with Crippen molar-refractivity contribution >= 4 is 17.1 Å². The van der Waals surface area contributed by atoms with Crippen molar-refractivity contribution in [3.05, 3.63) is 82.8 Å². The van der Waals surface area contributed by atoms with Gasteiger partial charge >= 0.3 is 0 Å². The minimum absolute atomic E-state index is 0. The molecule has 0 saturated heterocycles. The first-order chi connectivity index (χ1) is 12.7. The molecule has 1 aliphatic carbocycles. The molecule has 0 bridgehead atoms. The van der Waals surface area contributed by atoms with Crippen molar-refractivity contribution in [2.24, 2.45) is 0 Å². The molecule has 0 aliphatic heterocycles. The van der Waals surface area contributed by atoms with Crippen molar-refractivity contribution in [1.82, 2.24) is 0 Å². The maximum absolute atomic E-state index is 9.05. The number of nitrogens with zero attached hydrogens (tertiary/aromatic N) is 1. The third kappa shape index (κ3) is 2.82. The lowest BCUT2D eigenvalue weighted by molar-refractivity contribution is 0.567. The Labute approximate surface area is 154 Å². The lowest BCUT2D eigenvalue weighted by Gasteiger charge is -2.17. The summed E-state index contributed by atoms with van der Waals surface area (Å²) in [6.07, 6.45) is 5.02. The maximum Gasteiger partial charge on any atom is 0.0996 e. The molecular weight excluding hydrogens is 324 g/mol. The zero-order valence-electron chi connectivity index (χ0n) is 14.1. The molecule has 5 nitrogen and oxygen atoms in total. The van der Waals surface area contributed by atoms with E-state index in [0.29, 0.717) is 28.1 Å². The van der Waals surface area contributed by atoms with Crippen LogP contribution in [0.1, 0.15) is 43.1 Å². The molecule has 4 rings (SSSR count). The average Bonchev–Trinajstić information content (AvgIpc) is 3.32. The predicted octanol–water partition coefficient (Wildman–Crippen LogP) is 4.74. The van der Waals surface area contributed by atoms with Crippen molar-refractivity contribution in [3.63, 3.8) is 0 Å². The van der Waals surface area contributed by atoms with Gasteiger partial charge in [-0.2, -0.15) is 5.26 Å². The molecule has 0 amide bonds. The number of nitriles is 1. The van der Waals surface area contributed by atoms with E-state index in [1.807, 2.05) is 36.4 Å². The Kier molecular flexibility index (Phi) is 3.94. The number of fused-ring (bicyclic) bond motifs is 1. The van der Waals surface area contributed by atoms with Gasteiger partial charge < -0.3 is 15.5 Å². The summed E-state index contributed by atoms with van der Waals surface area (Å²) >= 11 is 0. The minimum Gasteiger partial charge on any atom is -0.472 e. The summed E-state index contributed by atoms with van der Waals surface area (Å²) in [5, 5.41) is 21.0. The van der Waals surface area contributed by atoms with Crippen molar-refractivity contribution in [1.29, 1.82) is 10.7 Å². The largest absolute Gasteiger partial charge is 0.472 e. The van der Waals surface area contributed by atoms with E-state index in [1.165, 1.54) is 11.1 Å². The third-order valence-corrected chi connectivity index (χ3v) is 4.82. The number of nitrogens with one attached hydrogen (secondary N) is 2. The third-order valence-electron chi connectivity index (χ3n) is 4.82. The van der Waals surface area contributed by atoms with Gasteiger partial charge in [0.2, 0.25) is 0 Å². The van der Waals surface area contributed by atoms with E-state index in [0.717, 1.165) is 18.5 Å². The number of hydrogen-bond acceptors (Lipinski definition) is 5. The lowest BCUT2D eigenvalue weighted by atomic mass is 10.0. The van der Waals surface area contributed by atoms with E-state index in [4.69, 9.17) is 20.8 Å². The van der Waals surface area contributed by atoms with Gasteiger partial charge in [0, 0.05) is 25.4 Å². The number of aryl methyl sites for hydroxylation is 1. The first-order valence-corrected chi connectivity index (χ1v) is 8.46. The van der Waals surface area contributed by atoms with E-state index in [9.17, 15) is 0 Å². The number of nitrogens with two attached hydrogens (primary N) is 1. The van der Waals surface area contributed by atoms with E-state index in [-0.39, 0.29) is 8.90 Å². The van der Waals surface area contributed by atoms with E-state index in [1.54, 1.807) is 18.6 Å². The molecule has 0 saturated carbocycles. The second kappa shape index (κ2) is 6.41. The smallest absolute Gasteiger partial charge is 0.0996 e. The number of rotatable bonds is 4.